The standard InChI is InChI=1S/C15H12N4O5/c1-7-6-10(19-24-7)8-2-4-9(5-3-8)16-12(20)11-13(21)17-15(23)18-14(11)22/h2-6,19H,1H2,(H,16,20)(H3,17,18,21,22,23). The van der Waals surface area contributed by atoms with Crippen LogP contribution in [0.5, 0.6) is 5.88 Å². The monoisotopic (exact) mass is 328 g/mol. The van der Waals surface area contributed by atoms with Crippen LogP contribution in [0.4, 0.5) is 5.69 Å². The Morgan fingerprint density at radius 1 is 1.17 bits per heavy atom. The van der Waals surface area contributed by atoms with E-state index < -0.39 is 28.6 Å². The van der Waals surface area contributed by atoms with Crippen molar-refractivity contribution in [3.63, 3.8) is 0 Å². The molecule has 0 saturated heterocycles. The number of hydroxylamine groups is 1. The van der Waals surface area contributed by atoms with E-state index in [1.165, 1.54) is 0 Å². The molecule has 0 bridgehead atoms. The fraction of sp³-hybridized carbons (Fsp3) is 0. The normalized spacial score (nSPS) is 13.0. The minimum absolute atomic E-state index is 0.395. The number of amides is 1. The van der Waals surface area contributed by atoms with Gasteiger partial charge in [-0.15, -0.1) is 0 Å². The maximum Gasteiger partial charge on any atom is 0.328 e. The largest absolute Gasteiger partial charge is 0.494 e. The number of aromatic nitrogens is 2. The molecule has 1 amide bonds. The van der Waals surface area contributed by atoms with Gasteiger partial charge in [-0.2, -0.15) is 0 Å². The Labute approximate surface area is 134 Å². The van der Waals surface area contributed by atoms with Gasteiger partial charge in [0.2, 0.25) is 5.88 Å². The lowest BCUT2D eigenvalue weighted by Gasteiger charge is -2.07. The van der Waals surface area contributed by atoms with Crippen molar-refractivity contribution in [2.24, 2.45) is 0 Å². The van der Waals surface area contributed by atoms with Crippen LogP contribution in [-0.2, 0) is 4.84 Å². The Bertz CT molecular complexity index is 969. The van der Waals surface area contributed by atoms with Gasteiger partial charge in [-0.25, -0.2) is 10.3 Å². The molecule has 24 heavy (non-hydrogen) atoms. The highest BCUT2D eigenvalue weighted by molar-refractivity contribution is 6.05. The number of aromatic hydroxyl groups is 1. The lowest BCUT2D eigenvalue weighted by atomic mass is 10.1. The molecule has 0 radical (unpaired) electrons. The number of carbonyl (C=O) groups excluding carboxylic acids is 1. The predicted octanol–water partition coefficient (Wildman–Crippen LogP) is 0.410. The quantitative estimate of drug-likeness (QED) is 0.553. The topological polar surface area (TPSA) is 136 Å². The van der Waals surface area contributed by atoms with Crippen molar-refractivity contribution in [3.8, 4) is 5.88 Å². The number of anilines is 1. The molecule has 1 aromatic carbocycles. The van der Waals surface area contributed by atoms with Crippen molar-refractivity contribution < 1.29 is 14.7 Å². The van der Waals surface area contributed by atoms with Gasteiger partial charge in [0.1, 0.15) is 5.76 Å². The number of carbonyl (C=O) groups is 1. The van der Waals surface area contributed by atoms with Crippen LogP contribution in [0.25, 0.3) is 5.70 Å². The second-order valence-corrected chi connectivity index (χ2v) is 4.89. The number of aromatic amines is 2. The van der Waals surface area contributed by atoms with Gasteiger partial charge >= 0.3 is 5.69 Å². The van der Waals surface area contributed by atoms with Crippen LogP contribution >= 0.6 is 0 Å². The highest BCUT2D eigenvalue weighted by Gasteiger charge is 2.18. The molecule has 0 atom stereocenters. The van der Waals surface area contributed by atoms with Crippen LogP contribution in [0.15, 0.2) is 52.3 Å². The third-order valence-electron chi connectivity index (χ3n) is 3.20. The summed E-state index contributed by atoms with van der Waals surface area (Å²) in [4.78, 5) is 43.5. The Kier molecular flexibility index (Phi) is 3.66. The number of hydrogen-bond donors (Lipinski definition) is 5. The summed E-state index contributed by atoms with van der Waals surface area (Å²) in [6.45, 7) is 3.64. The average molecular weight is 328 g/mol. The van der Waals surface area contributed by atoms with Crippen LogP contribution in [0.1, 0.15) is 15.9 Å². The lowest BCUT2D eigenvalue weighted by Crippen LogP contribution is -2.30. The Morgan fingerprint density at radius 2 is 1.88 bits per heavy atom. The zero-order valence-corrected chi connectivity index (χ0v) is 12.2. The Morgan fingerprint density at radius 3 is 2.46 bits per heavy atom. The van der Waals surface area contributed by atoms with E-state index >= 15 is 0 Å². The van der Waals surface area contributed by atoms with Gasteiger partial charge < -0.3 is 15.3 Å². The van der Waals surface area contributed by atoms with E-state index in [2.05, 4.69) is 17.4 Å². The zero-order chi connectivity index (χ0) is 17.3. The van der Waals surface area contributed by atoms with E-state index in [1.807, 2.05) is 9.97 Å². The minimum atomic E-state index is -0.985. The fourth-order valence-electron chi connectivity index (χ4n) is 2.09. The van der Waals surface area contributed by atoms with E-state index in [9.17, 15) is 19.5 Å². The molecule has 0 saturated carbocycles. The summed E-state index contributed by atoms with van der Waals surface area (Å²) < 4.78 is 0. The highest BCUT2D eigenvalue weighted by atomic mass is 16.7. The summed E-state index contributed by atoms with van der Waals surface area (Å²) >= 11 is 0. The maximum atomic E-state index is 12.1. The van der Waals surface area contributed by atoms with Gasteiger partial charge in [0.15, 0.2) is 5.56 Å². The van der Waals surface area contributed by atoms with Crippen molar-refractivity contribution in [1.82, 2.24) is 15.4 Å². The molecule has 2 heterocycles. The number of hydrogen-bond acceptors (Lipinski definition) is 6. The van der Waals surface area contributed by atoms with Crippen LogP contribution in [0.3, 0.4) is 0 Å². The van der Waals surface area contributed by atoms with Gasteiger partial charge in [0, 0.05) is 17.3 Å². The second-order valence-electron chi connectivity index (χ2n) is 4.89. The van der Waals surface area contributed by atoms with Crippen LogP contribution in [-0.4, -0.2) is 21.0 Å². The number of benzene rings is 1. The zero-order valence-electron chi connectivity index (χ0n) is 12.2. The molecule has 0 aliphatic carbocycles. The first kappa shape index (κ1) is 15.2. The Balaban J connectivity index is 1.81. The van der Waals surface area contributed by atoms with Crippen molar-refractivity contribution >= 4 is 17.3 Å². The molecule has 0 fully saturated rings. The fourth-order valence-corrected chi connectivity index (χ4v) is 2.09. The molecule has 122 valence electrons. The van der Waals surface area contributed by atoms with E-state index in [0.717, 1.165) is 5.56 Å². The maximum absolute atomic E-state index is 12.1. The van der Waals surface area contributed by atoms with Gasteiger partial charge in [0.05, 0.1) is 5.70 Å². The molecular weight excluding hydrogens is 316 g/mol. The van der Waals surface area contributed by atoms with Crippen molar-refractivity contribution in [2.45, 2.75) is 0 Å². The predicted molar refractivity (Wildman–Crippen MR) is 85.1 cm³/mol. The van der Waals surface area contributed by atoms with Gasteiger partial charge in [-0.05, 0) is 12.1 Å². The summed E-state index contributed by atoms with van der Waals surface area (Å²) in [5, 5.41) is 12.0. The number of rotatable bonds is 3. The van der Waals surface area contributed by atoms with Crippen LogP contribution in [0.2, 0.25) is 0 Å². The van der Waals surface area contributed by atoms with E-state index in [-0.39, 0.29) is 0 Å². The number of nitrogens with one attached hydrogen (secondary N) is 4. The Hall–Kier alpha value is -3.75. The summed E-state index contributed by atoms with van der Waals surface area (Å²) in [5.41, 5.74) is 2.14. The number of allylic oxidation sites excluding steroid dienone is 1. The average Bonchev–Trinajstić information content (AvgIpc) is 2.93. The molecule has 2 aromatic rings. The molecule has 9 heteroatoms. The smallest absolute Gasteiger partial charge is 0.328 e. The van der Waals surface area contributed by atoms with Crippen molar-refractivity contribution in [3.05, 3.63) is 74.6 Å². The van der Waals surface area contributed by atoms with E-state index in [4.69, 9.17) is 4.84 Å². The number of H-pyrrole nitrogens is 2. The molecule has 1 aromatic heterocycles. The van der Waals surface area contributed by atoms with E-state index in [1.54, 1.807) is 30.3 Å². The van der Waals surface area contributed by atoms with E-state index in [0.29, 0.717) is 17.1 Å². The third kappa shape index (κ3) is 2.90. The highest BCUT2D eigenvalue weighted by Crippen LogP contribution is 2.21. The van der Waals surface area contributed by atoms with Crippen molar-refractivity contribution in [2.75, 3.05) is 5.32 Å². The minimum Gasteiger partial charge on any atom is -0.494 e. The second kappa shape index (κ2) is 5.80. The first-order valence-electron chi connectivity index (χ1n) is 6.75. The first-order chi connectivity index (χ1) is 11.4. The molecular formula is C15H12N4O5. The van der Waals surface area contributed by atoms with Gasteiger partial charge in [0.25, 0.3) is 11.5 Å². The first-order valence-corrected chi connectivity index (χ1v) is 6.75. The molecule has 1 aliphatic heterocycles. The summed E-state index contributed by atoms with van der Waals surface area (Å²) in [6.07, 6.45) is 1.71. The lowest BCUT2D eigenvalue weighted by molar-refractivity contribution is 0.102. The summed E-state index contributed by atoms with van der Waals surface area (Å²) in [7, 11) is 0. The molecule has 3 rings (SSSR count). The molecule has 9 nitrogen and oxygen atoms in total. The molecule has 0 unspecified atom stereocenters. The molecule has 0 spiro atoms. The van der Waals surface area contributed by atoms with Crippen molar-refractivity contribution in [1.29, 1.82) is 0 Å². The van der Waals surface area contributed by atoms with Gasteiger partial charge in [-0.3, -0.25) is 19.6 Å². The molecule has 1 aliphatic rings. The molecule has 5 N–H and O–H groups in total. The van der Waals surface area contributed by atoms with Gasteiger partial charge in [-0.1, -0.05) is 18.7 Å². The SMILES string of the molecule is C=C1C=C(c2ccc(NC(=O)c3c(O)[nH]c(=O)[nH]c3=O)cc2)NO1. The summed E-state index contributed by atoms with van der Waals surface area (Å²) in [5.74, 6) is -1.17. The third-order valence-corrected chi connectivity index (χ3v) is 3.20. The van der Waals surface area contributed by atoms with Crippen LogP contribution in [0, 0.1) is 0 Å². The summed E-state index contributed by atoms with van der Waals surface area (Å²) in [6, 6.07) is 6.64. The van der Waals surface area contributed by atoms with Crippen LogP contribution < -0.4 is 22.0 Å².